The van der Waals surface area contributed by atoms with E-state index in [-0.39, 0.29) is 18.3 Å². The van der Waals surface area contributed by atoms with Crippen molar-refractivity contribution in [3.05, 3.63) is 57.6 Å². The lowest BCUT2D eigenvalue weighted by Gasteiger charge is -2.22. The molecule has 1 amide bonds. The fraction of sp³-hybridized carbons (Fsp3) is 0.333. The molecule has 1 heterocycles. The van der Waals surface area contributed by atoms with E-state index in [1.54, 1.807) is 11.3 Å². The predicted molar refractivity (Wildman–Crippen MR) is 125 cm³/mol. The van der Waals surface area contributed by atoms with Gasteiger partial charge in [-0.15, -0.1) is 12.4 Å². The molecule has 2 aromatic carbocycles. The molecule has 0 bridgehead atoms. The first-order valence-corrected chi connectivity index (χ1v) is 10.5. The van der Waals surface area contributed by atoms with E-state index in [1.807, 2.05) is 31.1 Å². The maximum atomic E-state index is 13.2. The summed E-state index contributed by atoms with van der Waals surface area (Å²) in [7, 11) is 4.03. The van der Waals surface area contributed by atoms with Crippen LogP contribution in [0.4, 0.5) is 5.13 Å². The van der Waals surface area contributed by atoms with Gasteiger partial charge in [0.05, 0.1) is 16.6 Å². The minimum Gasteiger partial charge on any atom is -0.308 e. The number of aryl methyl sites for hydroxylation is 2. The van der Waals surface area contributed by atoms with Crippen molar-refractivity contribution < 1.29 is 4.79 Å². The molecular formula is C21H25BrClN3OS. The first-order chi connectivity index (χ1) is 12.8. The first-order valence-electron chi connectivity index (χ1n) is 8.91. The van der Waals surface area contributed by atoms with Crippen LogP contribution >= 0.6 is 39.7 Å². The zero-order chi connectivity index (χ0) is 19.6. The van der Waals surface area contributed by atoms with Gasteiger partial charge in [0.25, 0.3) is 0 Å². The first kappa shape index (κ1) is 22.8. The highest BCUT2D eigenvalue weighted by molar-refractivity contribution is 9.10. The summed E-state index contributed by atoms with van der Waals surface area (Å²) in [6.45, 7) is 5.53. The highest BCUT2D eigenvalue weighted by atomic mass is 79.9. The Labute approximate surface area is 185 Å². The van der Waals surface area contributed by atoms with Crippen LogP contribution in [-0.2, 0) is 11.2 Å². The Hall–Kier alpha value is -1.47. The number of halogens is 2. The molecule has 0 aliphatic heterocycles. The minimum absolute atomic E-state index is 0. The lowest BCUT2D eigenvalue weighted by molar-refractivity contribution is -0.118. The summed E-state index contributed by atoms with van der Waals surface area (Å²) in [4.78, 5) is 21.8. The largest absolute Gasteiger partial charge is 0.308 e. The molecule has 0 fully saturated rings. The molecule has 3 aromatic rings. The standard InChI is InChI=1S/C21H24BrN3OS.ClH/c1-14-5-6-15(2)16(11-14)12-20(26)25(10-9-24(3)4)21-23-18-8-7-17(22)13-19(18)27-21;/h5-8,11,13H,9-10,12H2,1-4H3;1H. The van der Waals surface area contributed by atoms with Crippen LogP contribution in [0.2, 0.25) is 0 Å². The van der Waals surface area contributed by atoms with Crippen molar-refractivity contribution in [1.82, 2.24) is 9.88 Å². The van der Waals surface area contributed by atoms with Crippen LogP contribution < -0.4 is 4.90 Å². The van der Waals surface area contributed by atoms with E-state index in [4.69, 9.17) is 4.98 Å². The van der Waals surface area contributed by atoms with E-state index in [0.29, 0.717) is 13.0 Å². The Kier molecular flexibility index (Phi) is 8.01. The Morgan fingerprint density at radius 3 is 2.57 bits per heavy atom. The Balaban J connectivity index is 0.00000280. The summed E-state index contributed by atoms with van der Waals surface area (Å²) in [5.74, 6) is 0.0867. The van der Waals surface area contributed by atoms with Crippen molar-refractivity contribution in [2.45, 2.75) is 20.3 Å². The van der Waals surface area contributed by atoms with E-state index >= 15 is 0 Å². The molecule has 0 aliphatic rings. The molecule has 28 heavy (non-hydrogen) atoms. The number of aromatic nitrogens is 1. The summed E-state index contributed by atoms with van der Waals surface area (Å²) < 4.78 is 2.10. The highest BCUT2D eigenvalue weighted by Crippen LogP contribution is 2.31. The van der Waals surface area contributed by atoms with Crippen LogP contribution in [0.3, 0.4) is 0 Å². The van der Waals surface area contributed by atoms with Crippen molar-refractivity contribution in [3.8, 4) is 0 Å². The number of amides is 1. The lowest BCUT2D eigenvalue weighted by atomic mass is 10.0. The number of hydrogen-bond acceptors (Lipinski definition) is 4. The van der Waals surface area contributed by atoms with Gasteiger partial charge in [-0.05, 0) is 57.3 Å². The van der Waals surface area contributed by atoms with Gasteiger partial charge in [-0.3, -0.25) is 9.69 Å². The topological polar surface area (TPSA) is 36.4 Å². The number of nitrogens with zero attached hydrogens (tertiary/aromatic N) is 3. The fourth-order valence-corrected chi connectivity index (χ4v) is 4.44. The van der Waals surface area contributed by atoms with E-state index in [9.17, 15) is 4.79 Å². The zero-order valence-corrected chi connectivity index (χ0v) is 19.7. The SMILES string of the molecule is Cc1ccc(C)c(CC(=O)N(CCN(C)C)c2nc3ccc(Br)cc3s2)c1.Cl. The normalized spacial score (nSPS) is 10.9. The summed E-state index contributed by atoms with van der Waals surface area (Å²) in [5, 5.41) is 0.764. The molecule has 4 nitrogen and oxygen atoms in total. The van der Waals surface area contributed by atoms with Gasteiger partial charge in [0, 0.05) is 17.6 Å². The molecule has 150 valence electrons. The van der Waals surface area contributed by atoms with Crippen molar-refractivity contribution in [2.75, 3.05) is 32.1 Å². The summed E-state index contributed by atoms with van der Waals surface area (Å²) in [6.07, 6.45) is 0.389. The van der Waals surface area contributed by atoms with Crippen molar-refractivity contribution in [1.29, 1.82) is 0 Å². The van der Waals surface area contributed by atoms with Gasteiger partial charge in [-0.25, -0.2) is 4.98 Å². The third-order valence-corrected chi connectivity index (χ3v) is 6.02. The summed E-state index contributed by atoms with van der Waals surface area (Å²) >= 11 is 5.07. The number of hydrogen-bond donors (Lipinski definition) is 0. The van der Waals surface area contributed by atoms with E-state index in [0.717, 1.165) is 37.5 Å². The maximum Gasteiger partial charge on any atom is 0.233 e. The smallest absolute Gasteiger partial charge is 0.233 e. The zero-order valence-electron chi connectivity index (χ0n) is 16.5. The molecule has 0 radical (unpaired) electrons. The second-order valence-electron chi connectivity index (χ2n) is 7.06. The molecule has 0 saturated heterocycles. The monoisotopic (exact) mass is 481 g/mol. The Morgan fingerprint density at radius 1 is 1.11 bits per heavy atom. The Morgan fingerprint density at radius 2 is 1.86 bits per heavy atom. The van der Waals surface area contributed by atoms with Gasteiger partial charge in [0.15, 0.2) is 5.13 Å². The number of rotatable bonds is 6. The summed E-state index contributed by atoms with van der Waals surface area (Å²) in [6, 6.07) is 12.3. The van der Waals surface area contributed by atoms with Gasteiger partial charge in [-0.2, -0.15) is 0 Å². The average Bonchev–Trinajstić information content (AvgIpc) is 3.00. The number of likely N-dealkylation sites (N-methyl/N-ethyl adjacent to an activating group) is 1. The molecule has 0 saturated carbocycles. The molecule has 0 unspecified atom stereocenters. The van der Waals surface area contributed by atoms with Gasteiger partial charge < -0.3 is 4.90 Å². The van der Waals surface area contributed by atoms with Gasteiger partial charge in [0.1, 0.15) is 0 Å². The summed E-state index contributed by atoms with van der Waals surface area (Å²) in [5.41, 5.74) is 4.33. The van der Waals surface area contributed by atoms with Crippen LogP contribution in [0.25, 0.3) is 10.2 Å². The molecule has 0 N–H and O–H groups in total. The van der Waals surface area contributed by atoms with Crippen LogP contribution in [-0.4, -0.2) is 43.0 Å². The van der Waals surface area contributed by atoms with Gasteiger partial charge >= 0.3 is 0 Å². The van der Waals surface area contributed by atoms with Crippen molar-refractivity contribution in [3.63, 3.8) is 0 Å². The lowest BCUT2D eigenvalue weighted by Crippen LogP contribution is -2.37. The molecule has 0 atom stereocenters. The minimum atomic E-state index is 0. The molecule has 0 aliphatic carbocycles. The van der Waals surface area contributed by atoms with Crippen LogP contribution in [0.1, 0.15) is 16.7 Å². The fourth-order valence-electron chi connectivity index (χ4n) is 2.88. The quantitative estimate of drug-likeness (QED) is 0.482. The van der Waals surface area contributed by atoms with Crippen molar-refractivity contribution >= 4 is 60.9 Å². The second-order valence-corrected chi connectivity index (χ2v) is 8.99. The van der Waals surface area contributed by atoms with E-state index in [2.05, 4.69) is 58.9 Å². The van der Waals surface area contributed by atoms with Gasteiger partial charge in [-0.1, -0.05) is 51.0 Å². The van der Waals surface area contributed by atoms with Gasteiger partial charge in [0.2, 0.25) is 5.91 Å². The number of thiazole rings is 1. The maximum absolute atomic E-state index is 13.2. The van der Waals surface area contributed by atoms with E-state index < -0.39 is 0 Å². The Bertz CT molecular complexity index is 973. The third kappa shape index (κ3) is 5.54. The molecular weight excluding hydrogens is 458 g/mol. The number of fused-ring (bicyclic) bond motifs is 1. The van der Waals surface area contributed by atoms with Crippen LogP contribution in [0.15, 0.2) is 40.9 Å². The molecule has 0 spiro atoms. The third-order valence-electron chi connectivity index (χ3n) is 4.49. The second kappa shape index (κ2) is 9.83. The molecule has 7 heteroatoms. The van der Waals surface area contributed by atoms with Crippen molar-refractivity contribution in [2.24, 2.45) is 0 Å². The van der Waals surface area contributed by atoms with Crippen LogP contribution in [0, 0.1) is 13.8 Å². The number of anilines is 1. The molecule has 3 rings (SSSR count). The van der Waals surface area contributed by atoms with E-state index in [1.165, 1.54) is 5.56 Å². The van der Waals surface area contributed by atoms with Crippen LogP contribution in [0.5, 0.6) is 0 Å². The highest BCUT2D eigenvalue weighted by Gasteiger charge is 2.21. The predicted octanol–water partition coefficient (Wildman–Crippen LogP) is 5.23. The molecule has 1 aromatic heterocycles. The number of benzene rings is 2. The average molecular weight is 483 g/mol. The number of carbonyl (C=O) groups excluding carboxylic acids is 1. The number of carbonyl (C=O) groups is 1.